The molecule has 0 saturated carbocycles. The van der Waals surface area contributed by atoms with Crippen LogP contribution in [-0.4, -0.2) is 44.5 Å². The molecule has 0 radical (unpaired) electrons. The number of nitrogens with one attached hydrogen (secondary N) is 1. The lowest BCUT2D eigenvalue weighted by atomic mass is 10.1. The van der Waals surface area contributed by atoms with Gasteiger partial charge in [-0.3, -0.25) is 9.36 Å². The van der Waals surface area contributed by atoms with Gasteiger partial charge in [0.05, 0.1) is 12.7 Å². The first-order valence-corrected chi connectivity index (χ1v) is 8.88. The number of aromatic nitrogens is 2. The Morgan fingerprint density at radius 3 is 2.80 bits per heavy atom. The molecule has 0 bridgehead atoms. The minimum atomic E-state index is -0.889. The van der Waals surface area contributed by atoms with Crippen LogP contribution in [0.15, 0.2) is 17.1 Å². The predicted molar refractivity (Wildman–Crippen MR) is 92.1 cm³/mol. The molecule has 2 heterocycles. The van der Waals surface area contributed by atoms with Gasteiger partial charge < -0.3 is 20.3 Å². The molecule has 1 saturated heterocycles. The number of unbranched alkanes of at least 4 members (excludes halogenated alkanes) is 4. The number of carbonyl (C=O) groups is 1. The van der Waals surface area contributed by atoms with Gasteiger partial charge in [-0.1, -0.05) is 32.6 Å². The molecule has 2 rings (SSSR count). The Balaban J connectivity index is 1.89. The van der Waals surface area contributed by atoms with E-state index in [2.05, 4.69) is 17.2 Å². The predicted octanol–water partition coefficient (Wildman–Crippen LogP) is 1.18. The summed E-state index contributed by atoms with van der Waals surface area (Å²) in [5.74, 6) is 0.0182. The van der Waals surface area contributed by atoms with Gasteiger partial charge >= 0.3 is 5.69 Å². The average molecular weight is 353 g/mol. The van der Waals surface area contributed by atoms with E-state index < -0.39 is 24.1 Å². The zero-order chi connectivity index (χ0) is 18.2. The van der Waals surface area contributed by atoms with E-state index in [4.69, 9.17) is 9.84 Å². The molecular weight excluding hydrogens is 326 g/mol. The van der Waals surface area contributed by atoms with Gasteiger partial charge in [0.2, 0.25) is 5.91 Å². The molecule has 3 atom stereocenters. The summed E-state index contributed by atoms with van der Waals surface area (Å²) in [6.45, 7) is 1.92. The Labute approximate surface area is 146 Å². The number of aliphatic hydroxyl groups excluding tert-OH is 2. The molecule has 1 aliphatic heterocycles. The molecule has 3 N–H and O–H groups in total. The number of hydrogen-bond acceptors (Lipinski definition) is 6. The Morgan fingerprint density at radius 2 is 2.16 bits per heavy atom. The largest absolute Gasteiger partial charge is 0.394 e. The van der Waals surface area contributed by atoms with Gasteiger partial charge in [0.15, 0.2) is 6.23 Å². The molecule has 1 aromatic rings. The van der Waals surface area contributed by atoms with Crippen LogP contribution in [0.3, 0.4) is 0 Å². The fourth-order valence-corrected chi connectivity index (χ4v) is 2.87. The van der Waals surface area contributed by atoms with Crippen LogP contribution in [0, 0.1) is 0 Å². The summed E-state index contributed by atoms with van der Waals surface area (Å²) >= 11 is 0. The summed E-state index contributed by atoms with van der Waals surface area (Å²) in [7, 11) is 0. The van der Waals surface area contributed by atoms with E-state index in [1.807, 2.05) is 0 Å². The van der Waals surface area contributed by atoms with Crippen molar-refractivity contribution in [3.05, 3.63) is 22.7 Å². The van der Waals surface area contributed by atoms with Gasteiger partial charge in [0, 0.05) is 19.0 Å². The van der Waals surface area contributed by atoms with Gasteiger partial charge in [-0.15, -0.1) is 0 Å². The number of amides is 1. The maximum Gasteiger partial charge on any atom is 0.351 e. The van der Waals surface area contributed by atoms with E-state index in [1.54, 1.807) is 0 Å². The molecule has 0 aliphatic carbocycles. The minimum Gasteiger partial charge on any atom is -0.394 e. The lowest BCUT2D eigenvalue weighted by molar-refractivity contribution is -0.116. The molecule has 1 aliphatic rings. The normalized spacial score (nSPS) is 22.9. The lowest BCUT2D eigenvalue weighted by Gasteiger charge is -2.17. The number of carbonyl (C=O) groups excluding carboxylic acids is 1. The standard InChI is InChI=1S/C17H27N3O5/c1-2-3-4-5-6-7-15(23)18-14-8-9-20(17(24)19-14)16-13(22)10-12(11-21)25-16/h8-9,12-13,16,21-22H,2-7,10-11H2,1H3,(H,18,19,23,24)/t12-,13+,16+/m0/s1. The van der Waals surface area contributed by atoms with Gasteiger partial charge in [0.25, 0.3) is 0 Å². The third-order valence-electron chi connectivity index (χ3n) is 4.25. The van der Waals surface area contributed by atoms with Crippen LogP contribution in [0.1, 0.15) is 58.1 Å². The highest BCUT2D eigenvalue weighted by atomic mass is 16.5. The highest BCUT2D eigenvalue weighted by molar-refractivity contribution is 5.89. The van der Waals surface area contributed by atoms with Crippen molar-refractivity contribution in [2.45, 2.75) is 70.3 Å². The summed E-state index contributed by atoms with van der Waals surface area (Å²) in [5, 5.41) is 21.7. The molecule has 8 nitrogen and oxygen atoms in total. The molecule has 0 unspecified atom stereocenters. The van der Waals surface area contributed by atoms with E-state index in [0.29, 0.717) is 6.42 Å². The second-order valence-corrected chi connectivity index (χ2v) is 6.35. The van der Waals surface area contributed by atoms with Gasteiger partial charge in [-0.25, -0.2) is 4.79 Å². The quantitative estimate of drug-likeness (QED) is 0.575. The molecule has 25 heavy (non-hydrogen) atoms. The Morgan fingerprint density at radius 1 is 1.40 bits per heavy atom. The second-order valence-electron chi connectivity index (χ2n) is 6.35. The van der Waals surface area contributed by atoms with Crippen LogP contribution >= 0.6 is 0 Å². The van der Waals surface area contributed by atoms with Crippen LogP contribution < -0.4 is 11.0 Å². The van der Waals surface area contributed by atoms with E-state index >= 15 is 0 Å². The number of rotatable bonds is 9. The van der Waals surface area contributed by atoms with Crippen molar-refractivity contribution >= 4 is 11.7 Å². The highest BCUT2D eigenvalue weighted by Gasteiger charge is 2.35. The molecule has 1 aromatic heterocycles. The minimum absolute atomic E-state index is 0.168. The monoisotopic (exact) mass is 353 g/mol. The average Bonchev–Trinajstić information content (AvgIpc) is 2.95. The smallest absolute Gasteiger partial charge is 0.351 e. The van der Waals surface area contributed by atoms with Crippen molar-refractivity contribution in [1.29, 1.82) is 0 Å². The second kappa shape index (κ2) is 9.65. The summed E-state index contributed by atoms with van der Waals surface area (Å²) in [5.41, 5.74) is -0.622. The van der Waals surface area contributed by atoms with Gasteiger partial charge in [-0.05, 0) is 12.5 Å². The molecule has 8 heteroatoms. The first kappa shape index (κ1) is 19.6. The summed E-state index contributed by atoms with van der Waals surface area (Å²) < 4.78 is 6.60. The number of aliphatic hydroxyl groups is 2. The van der Waals surface area contributed by atoms with Crippen molar-refractivity contribution in [1.82, 2.24) is 9.55 Å². The Hall–Kier alpha value is -1.77. The SMILES string of the molecule is CCCCCCCC(=O)Nc1ccn([C@@H]2O[C@H](CO)C[C@H]2O)c(=O)n1. The summed E-state index contributed by atoms with van der Waals surface area (Å²) in [6.07, 6.45) is 5.10. The zero-order valence-electron chi connectivity index (χ0n) is 14.6. The molecule has 140 valence electrons. The first-order chi connectivity index (χ1) is 12.0. The molecule has 0 aromatic carbocycles. The molecule has 1 amide bonds. The van der Waals surface area contributed by atoms with Crippen molar-refractivity contribution in [2.24, 2.45) is 0 Å². The molecule has 1 fully saturated rings. The Bertz CT molecular complexity index is 619. The fraction of sp³-hybridized carbons (Fsp3) is 0.706. The number of anilines is 1. The van der Waals surface area contributed by atoms with E-state index in [9.17, 15) is 14.7 Å². The highest BCUT2D eigenvalue weighted by Crippen LogP contribution is 2.27. The maximum atomic E-state index is 12.1. The Kier molecular flexibility index (Phi) is 7.54. The van der Waals surface area contributed by atoms with Crippen LogP contribution in [0.5, 0.6) is 0 Å². The van der Waals surface area contributed by atoms with Crippen molar-refractivity contribution in [2.75, 3.05) is 11.9 Å². The van der Waals surface area contributed by atoms with Crippen molar-refractivity contribution < 1.29 is 19.7 Å². The zero-order valence-corrected chi connectivity index (χ0v) is 14.6. The maximum absolute atomic E-state index is 12.1. The third-order valence-corrected chi connectivity index (χ3v) is 4.25. The van der Waals surface area contributed by atoms with Crippen LogP contribution in [-0.2, 0) is 9.53 Å². The van der Waals surface area contributed by atoms with Crippen LogP contribution in [0.25, 0.3) is 0 Å². The van der Waals surface area contributed by atoms with Gasteiger partial charge in [0.1, 0.15) is 11.9 Å². The van der Waals surface area contributed by atoms with Crippen molar-refractivity contribution in [3.63, 3.8) is 0 Å². The molecule has 0 spiro atoms. The summed E-state index contributed by atoms with van der Waals surface area (Å²) in [6, 6.07) is 1.50. The van der Waals surface area contributed by atoms with Crippen LogP contribution in [0.2, 0.25) is 0 Å². The molecular formula is C17H27N3O5. The number of nitrogens with zero attached hydrogens (tertiary/aromatic N) is 2. The van der Waals surface area contributed by atoms with E-state index in [1.165, 1.54) is 23.3 Å². The first-order valence-electron chi connectivity index (χ1n) is 8.88. The van der Waals surface area contributed by atoms with Crippen LogP contribution in [0.4, 0.5) is 5.82 Å². The third kappa shape index (κ3) is 5.62. The van der Waals surface area contributed by atoms with E-state index in [0.717, 1.165) is 25.7 Å². The fourth-order valence-electron chi connectivity index (χ4n) is 2.87. The van der Waals surface area contributed by atoms with E-state index in [-0.39, 0.29) is 24.8 Å². The number of ether oxygens (including phenoxy) is 1. The van der Waals surface area contributed by atoms with Gasteiger partial charge in [-0.2, -0.15) is 4.98 Å². The number of hydrogen-bond donors (Lipinski definition) is 3. The van der Waals surface area contributed by atoms with Crippen molar-refractivity contribution in [3.8, 4) is 0 Å². The topological polar surface area (TPSA) is 114 Å². The lowest BCUT2D eigenvalue weighted by Crippen LogP contribution is -2.32. The summed E-state index contributed by atoms with van der Waals surface area (Å²) in [4.78, 5) is 27.8.